The number of carbonyl (C=O) groups is 2. The van der Waals surface area contributed by atoms with Crippen molar-refractivity contribution in [3.05, 3.63) is 69.9 Å². The maximum absolute atomic E-state index is 16.0. The largest absolute Gasteiger partial charge is 0.507 e. The zero-order valence-corrected chi connectivity index (χ0v) is 26.8. The summed E-state index contributed by atoms with van der Waals surface area (Å²) in [6.07, 6.45) is 0.982. The van der Waals surface area contributed by atoms with Crippen LogP contribution in [0, 0.1) is 11.6 Å². The van der Waals surface area contributed by atoms with Crippen LogP contribution in [0.1, 0.15) is 70.4 Å². The van der Waals surface area contributed by atoms with Crippen LogP contribution in [0.15, 0.2) is 41.3 Å². The van der Waals surface area contributed by atoms with E-state index in [0.29, 0.717) is 5.69 Å². The number of benzene rings is 1. The second-order valence-electron chi connectivity index (χ2n) is 12.6. The van der Waals surface area contributed by atoms with Crippen molar-refractivity contribution < 1.29 is 28.2 Å². The van der Waals surface area contributed by atoms with Crippen LogP contribution in [0.3, 0.4) is 0 Å². The maximum Gasteiger partial charge on any atom is 0.410 e. The van der Waals surface area contributed by atoms with Crippen LogP contribution in [0.5, 0.6) is 5.75 Å². The van der Waals surface area contributed by atoms with Gasteiger partial charge in [0.15, 0.2) is 17.2 Å². The molecule has 46 heavy (non-hydrogen) atoms. The van der Waals surface area contributed by atoms with E-state index in [1.54, 1.807) is 30.6 Å². The number of phenolic OH excluding ortho intramolecular Hbond substituents is 1. The van der Waals surface area contributed by atoms with Gasteiger partial charge < -0.3 is 19.6 Å². The van der Waals surface area contributed by atoms with Crippen molar-refractivity contribution in [1.82, 2.24) is 24.4 Å². The van der Waals surface area contributed by atoms with Crippen LogP contribution in [0.4, 0.5) is 19.4 Å². The van der Waals surface area contributed by atoms with E-state index in [9.17, 15) is 19.5 Å². The molecule has 3 aromatic heterocycles. The second kappa shape index (κ2) is 12.1. The van der Waals surface area contributed by atoms with Gasteiger partial charge in [0.05, 0.1) is 22.3 Å². The predicted molar refractivity (Wildman–Crippen MR) is 169 cm³/mol. The topological polar surface area (TPSA) is 131 Å². The number of aromatic hydroxyl groups is 1. The Morgan fingerprint density at radius 2 is 1.80 bits per heavy atom. The molecular weight excluding hydrogens is 598 g/mol. The lowest BCUT2D eigenvalue weighted by Gasteiger charge is -2.41. The maximum atomic E-state index is 16.0. The first-order valence-electron chi connectivity index (χ1n) is 14.9. The average molecular weight is 635 g/mol. The van der Waals surface area contributed by atoms with Gasteiger partial charge in [0.2, 0.25) is 0 Å². The van der Waals surface area contributed by atoms with Gasteiger partial charge in [-0.1, -0.05) is 19.9 Å². The minimum absolute atomic E-state index is 0.0994. The number of piperazine rings is 1. The number of amides is 1. The number of hydrogen-bond acceptors (Lipinski definition) is 9. The Labute approximate surface area is 264 Å². The Bertz CT molecular complexity index is 1900. The zero-order chi connectivity index (χ0) is 33.7. The summed E-state index contributed by atoms with van der Waals surface area (Å²) in [4.78, 5) is 56.4. The Hall–Kier alpha value is -4.94. The molecule has 0 unspecified atom stereocenters. The molecule has 0 saturated carbocycles. The number of rotatable bonds is 5. The number of pyridine rings is 2. The fourth-order valence-corrected chi connectivity index (χ4v) is 5.62. The summed E-state index contributed by atoms with van der Waals surface area (Å²) in [5, 5.41) is 10.6. The van der Waals surface area contributed by atoms with E-state index < -0.39 is 46.0 Å². The molecule has 1 aliphatic rings. The SMILES string of the molecule is CC(=O)c1ccnc(C(C)C)c1-n1c(=O)nc(N2CCN(C(=O)OC(C)(C)C)C[C@@H]2C)c2cc(F)c(-c3c(O)cccc3F)nc21. The summed E-state index contributed by atoms with van der Waals surface area (Å²) in [6, 6.07) is 5.71. The lowest BCUT2D eigenvalue weighted by atomic mass is 10.0. The Morgan fingerprint density at radius 3 is 2.41 bits per heavy atom. The summed E-state index contributed by atoms with van der Waals surface area (Å²) >= 11 is 0. The lowest BCUT2D eigenvalue weighted by Crippen LogP contribution is -2.55. The summed E-state index contributed by atoms with van der Waals surface area (Å²) in [5.74, 6) is -2.95. The highest BCUT2D eigenvalue weighted by Gasteiger charge is 2.33. The van der Waals surface area contributed by atoms with Crippen LogP contribution in [0.2, 0.25) is 0 Å². The molecule has 4 heterocycles. The van der Waals surface area contributed by atoms with Gasteiger partial charge in [0, 0.05) is 37.4 Å². The standard InChI is InChI=1S/C33H36F2N6O5/c1-17(2)26-28(20(19(4)42)11-12-36-26)41-30-21(15-23(35)27(37-30)25-22(34)9-8-10-24(25)43)29(38-31(41)44)40-14-13-39(16-18(40)3)32(45)46-33(5,6)7/h8-12,15,17-18,43H,13-14,16H2,1-7H3/t18-/m0/s1. The third-order valence-corrected chi connectivity index (χ3v) is 7.68. The normalized spacial score (nSPS) is 15.5. The molecule has 1 aliphatic heterocycles. The smallest absolute Gasteiger partial charge is 0.410 e. The summed E-state index contributed by atoms with van der Waals surface area (Å²) < 4.78 is 37.6. The van der Waals surface area contributed by atoms with E-state index in [2.05, 4.69) is 15.0 Å². The number of ether oxygens (including phenoxy) is 1. The van der Waals surface area contributed by atoms with Crippen LogP contribution >= 0.6 is 0 Å². The molecule has 0 bridgehead atoms. The first-order valence-corrected chi connectivity index (χ1v) is 14.9. The Balaban J connectivity index is 1.78. The summed E-state index contributed by atoms with van der Waals surface area (Å²) in [7, 11) is 0. The van der Waals surface area contributed by atoms with E-state index in [1.807, 2.05) is 20.8 Å². The van der Waals surface area contributed by atoms with Crippen LogP contribution in [-0.4, -0.2) is 72.7 Å². The second-order valence-corrected chi connectivity index (χ2v) is 12.6. The van der Waals surface area contributed by atoms with E-state index in [4.69, 9.17) is 4.74 Å². The number of hydrogen-bond donors (Lipinski definition) is 1. The molecule has 4 aromatic rings. The van der Waals surface area contributed by atoms with Crippen molar-refractivity contribution in [2.75, 3.05) is 24.5 Å². The number of Topliss-reactive ketones (excluding diaryl/α,β-unsaturated/α-hetero) is 1. The van der Waals surface area contributed by atoms with Crippen LogP contribution < -0.4 is 10.6 Å². The molecule has 0 aliphatic carbocycles. The molecule has 11 nitrogen and oxygen atoms in total. The average Bonchev–Trinajstić information content (AvgIpc) is 2.96. The Kier molecular flexibility index (Phi) is 8.54. The number of ketones is 1. The van der Waals surface area contributed by atoms with Gasteiger partial charge in [-0.3, -0.25) is 9.78 Å². The highest BCUT2D eigenvalue weighted by molar-refractivity contribution is 5.99. The fraction of sp³-hybridized carbons (Fsp3) is 0.394. The van der Waals surface area contributed by atoms with E-state index in [-0.39, 0.29) is 65.5 Å². The number of halogens is 2. The van der Waals surface area contributed by atoms with Gasteiger partial charge in [-0.25, -0.2) is 27.9 Å². The van der Waals surface area contributed by atoms with Crippen molar-refractivity contribution >= 4 is 28.7 Å². The van der Waals surface area contributed by atoms with Gasteiger partial charge in [-0.15, -0.1) is 0 Å². The van der Waals surface area contributed by atoms with Crippen molar-refractivity contribution in [1.29, 1.82) is 0 Å². The first-order chi connectivity index (χ1) is 21.6. The van der Waals surface area contributed by atoms with Gasteiger partial charge in [0.1, 0.15) is 28.7 Å². The number of carbonyl (C=O) groups excluding carboxylic acids is 2. The molecule has 1 amide bonds. The van der Waals surface area contributed by atoms with Gasteiger partial charge in [0.25, 0.3) is 0 Å². The van der Waals surface area contributed by atoms with Crippen molar-refractivity contribution in [2.24, 2.45) is 0 Å². The third-order valence-electron chi connectivity index (χ3n) is 7.68. The molecule has 1 N–H and O–H groups in total. The monoisotopic (exact) mass is 634 g/mol. The van der Waals surface area contributed by atoms with Gasteiger partial charge in [-0.05, 0) is 64.8 Å². The van der Waals surface area contributed by atoms with E-state index in [0.717, 1.165) is 16.7 Å². The van der Waals surface area contributed by atoms with Gasteiger partial charge >= 0.3 is 11.8 Å². The summed E-state index contributed by atoms with van der Waals surface area (Å²) in [6.45, 7) is 12.9. The van der Waals surface area contributed by atoms with Crippen molar-refractivity contribution in [3.63, 3.8) is 0 Å². The minimum Gasteiger partial charge on any atom is -0.507 e. The first kappa shape index (κ1) is 32.5. The molecule has 1 saturated heterocycles. The van der Waals surface area contributed by atoms with Crippen LogP contribution in [0.25, 0.3) is 28.0 Å². The minimum atomic E-state index is -0.969. The number of aromatic nitrogens is 4. The summed E-state index contributed by atoms with van der Waals surface area (Å²) in [5.41, 5.74) is -1.96. The van der Waals surface area contributed by atoms with Crippen molar-refractivity contribution in [2.45, 2.75) is 66.0 Å². The number of fused-ring (bicyclic) bond motifs is 1. The molecular formula is C33H36F2N6O5. The molecule has 1 atom stereocenters. The molecule has 242 valence electrons. The molecule has 0 spiro atoms. The van der Waals surface area contributed by atoms with Crippen LogP contribution in [-0.2, 0) is 4.74 Å². The number of phenols is 1. The zero-order valence-electron chi connectivity index (χ0n) is 26.8. The molecule has 5 rings (SSSR count). The highest BCUT2D eigenvalue weighted by atomic mass is 19.1. The molecule has 1 aromatic carbocycles. The van der Waals surface area contributed by atoms with Crippen molar-refractivity contribution in [3.8, 4) is 22.7 Å². The van der Waals surface area contributed by atoms with Gasteiger partial charge in [-0.2, -0.15) is 4.98 Å². The quantitative estimate of drug-likeness (QED) is 0.279. The number of anilines is 1. The Morgan fingerprint density at radius 1 is 1.09 bits per heavy atom. The van der Waals surface area contributed by atoms with E-state index in [1.165, 1.54) is 31.3 Å². The molecule has 13 heteroatoms. The number of nitrogens with zero attached hydrogens (tertiary/aromatic N) is 6. The molecule has 1 fully saturated rings. The highest BCUT2D eigenvalue weighted by Crippen LogP contribution is 2.37. The molecule has 0 radical (unpaired) electrons. The van der Waals surface area contributed by atoms with E-state index >= 15 is 8.78 Å². The lowest BCUT2D eigenvalue weighted by molar-refractivity contribution is 0.0218. The fourth-order valence-electron chi connectivity index (χ4n) is 5.62. The third kappa shape index (κ3) is 6.01. The predicted octanol–water partition coefficient (Wildman–Crippen LogP) is 5.60.